The number of aryl methyl sites for hydroxylation is 1. The molecule has 1 aromatic carbocycles. The van der Waals surface area contributed by atoms with Crippen molar-refractivity contribution >= 4 is 27.6 Å². The van der Waals surface area contributed by atoms with Crippen LogP contribution in [0.1, 0.15) is 5.56 Å². The first-order valence-corrected chi connectivity index (χ1v) is 6.79. The molecule has 130 valence electrons. The molecule has 0 fully saturated rings. The first-order valence-electron chi connectivity index (χ1n) is 6.79. The lowest BCUT2D eigenvalue weighted by atomic mass is 10.0. The minimum Gasteiger partial charge on any atom is -0.280 e. The molecule has 11 heteroatoms. The molecule has 0 amide bonds. The molecule has 25 heavy (non-hydrogen) atoms. The number of rotatable bonds is 1. The second kappa shape index (κ2) is 5.13. The van der Waals surface area contributed by atoms with Crippen molar-refractivity contribution < 1.29 is 18.1 Å². The smallest absolute Gasteiger partial charge is 0.280 e. The van der Waals surface area contributed by atoms with E-state index in [1.807, 2.05) is 0 Å². The SMILES string of the molecule is Cn1c(=O)c2c(C(F)(F)F)c3cc([N+](=O)[O-])ccc3nc2n(C)c1=O. The standard InChI is InChI=1S/C14H9F3N4O4/c1-19-11-9(12(22)20(2)13(19)23)10(14(15,16)17)7-5-6(21(24)25)3-4-8(7)18-11/h3-5H,1-2H3. The van der Waals surface area contributed by atoms with Crippen LogP contribution in [-0.4, -0.2) is 19.0 Å². The Kier molecular flexibility index (Phi) is 3.41. The van der Waals surface area contributed by atoms with Crippen molar-refractivity contribution in [1.82, 2.24) is 14.1 Å². The van der Waals surface area contributed by atoms with Crippen molar-refractivity contribution in [3.63, 3.8) is 0 Å². The summed E-state index contributed by atoms with van der Waals surface area (Å²) in [4.78, 5) is 38.2. The molecule has 8 nitrogen and oxygen atoms in total. The summed E-state index contributed by atoms with van der Waals surface area (Å²) in [6, 6.07) is 2.76. The predicted octanol–water partition coefficient (Wildman–Crippen LogP) is 1.71. The number of nitrogens with zero attached hydrogens (tertiary/aromatic N) is 4. The van der Waals surface area contributed by atoms with Crippen LogP contribution >= 0.6 is 0 Å². The molecule has 0 atom stereocenters. The van der Waals surface area contributed by atoms with Crippen LogP contribution in [0.3, 0.4) is 0 Å². The van der Waals surface area contributed by atoms with Crippen LogP contribution in [0.15, 0.2) is 27.8 Å². The van der Waals surface area contributed by atoms with Crippen molar-refractivity contribution in [3.8, 4) is 0 Å². The third-order valence-electron chi connectivity index (χ3n) is 3.85. The maximum absolute atomic E-state index is 13.7. The lowest BCUT2D eigenvalue weighted by Gasteiger charge is -2.15. The zero-order valence-corrected chi connectivity index (χ0v) is 12.8. The third-order valence-corrected chi connectivity index (χ3v) is 3.85. The van der Waals surface area contributed by atoms with E-state index in [1.165, 1.54) is 7.05 Å². The normalized spacial score (nSPS) is 12.0. The zero-order valence-electron chi connectivity index (χ0n) is 12.8. The second-order valence-corrected chi connectivity index (χ2v) is 5.35. The number of fused-ring (bicyclic) bond motifs is 2. The van der Waals surface area contributed by atoms with Gasteiger partial charge in [-0.1, -0.05) is 0 Å². The predicted molar refractivity (Wildman–Crippen MR) is 81.4 cm³/mol. The van der Waals surface area contributed by atoms with Gasteiger partial charge in [0.25, 0.3) is 11.2 Å². The van der Waals surface area contributed by atoms with Crippen LogP contribution in [-0.2, 0) is 20.3 Å². The average Bonchev–Trinajstić information content (AvgIpc) is 2.54. The minimum absolute atomic E-state index is 0.214. The molecule has 3 aromatic rings. The summed E-state index contributed by atoms with van der Waals surface area (Å²) < 4.78 is 42.4. The van der Waals surface area contributed by atoms with Gasteiger partial charge in [0.2, 0.25) is 0 Å². The maximum atomic E-state index is 13.7. The molecule has 0 aliphatic rings. The average molecular weight is 354 g/mol. The molecular weight excluding hydrogens is 345 g/mol. The Morgan fingerprint density at radius 1 is 1.16 bits per heavy atom. The Morgan fingerprint density at radius 3 is 2.36 bits per heavy atom. The van der Waals surface area contributed by atoms with Gasteiger partial charge in [0, 0.05) is 31.6 Å². The number of hydrogen-bond donors (Lipinski definition) is 0. The van der Waals surface area contributed by atoms with Gasteiger partial charge in [-0.05, 0) is 6.07 Å². The lowest BCUT2D eigenvalue weighted by molar-refractivity contribution is -0.384. The van der Waals surface area contributed by atoms with E-state index >= 15 is 0 Å². The van der Waals surface area contributed by atoms with Crippen LogP contribution in [0, 0.1) is 10.1 Å². The number of benzene rings is 1. The monoisotopic (exact) mass is 354 g/mol. The maximum Gasteiger partial charge on any atom is 0.417 e. The Balaban J connectivity index is 2.72. The Hall–Kier alpha value is -3.24. The topological polar surface area (TPSA) is 100 Å². The molecule has 0 saturated heterocycles. The van der Waals surface area contributed by atoms with Gasteiger partial charge in [0.1, 0.15) is 0 Å². The fourth-order valence-electron chi connectivity index (χ4n) is 2.66. The van der Waals surface area contributed by atoms with E-state index in [2.05, 4.69) is 4.98 Å². The molecule has 2 aromatic heterocycles. The number of alkyl halides is 3. The fourth-order valence-corrected chi connectivity index (χ4v) is 2.66. The fraction of sp³-hybridized carbons (Fsp3) is 0.214. The van der Waals surface area contributed by atoms with Gasteiger partial charge in [-0.25, -0.2) is 9.78 Å². The van der Waals surface area contributed by atoms with Crippen molar-refractivity contribution in [3.05, 3.63) is 54.7 Å². The summed E-state index contributed by atoms with van der Waals surface area (Å²) in [6.45, 7) is 0. The number of aromatic nitrogens is 3. The first kappa shape index (κ1) is 16.6. The van der Waals surface area contributed by atoms with Gasteiger partial charge in [-0.3, -0.25) is 24.0 Å². The molecule has 3 rings (SSSR count). The van der Waals surface area contributed by atoms with Crippen molar-refractivity contribution in [2.45, 2.75) is 6.18 Å². The van der Waals surface area contributed by atoms with Crippen molar-refractivity contribution in [2.75, 3.05) is 0 Å². The summed E-state index contributed by atoms with van der Waals surface area (Å²) in [7, 11) is 2.23. The zero-order chi connectivity index (χ0) is 18.7. The number of pyridine rings is 1. The van der Waals surface area contributed by atoms with Crippen LogP contribution in [0.25, 0.3) is 21.9 Å². The van der Waals surface area contributed by atoms with E-state index in [0.717, 1.165) is 29.8 Å². The van der Waals surface area contributed by atoms with E-state index < -0.39 is 50.0 Å². The second-order valence-electron chi connectivity index (χ2n) is 5.35. The van der Waals surface area contributed by atoms with Gasteiger partial charge < -0.3 is 0 Å². The molecule has 0 N–H and O–H groups in total. The quantitative estimate of drug-likeness (QED) is 0.376. The summed E-state index contributed by atoms with van der Waals surface area (Å²) in [5, 5.41) is 9.49. The van der Waals surface area contributed by atoms with E-state index in [1.54, 1.807) is 0 Å². The molecule has 0 bridgehead atoms. The van der Waals surface area contributed by atoms with E-state index in [4.69, 9.17) is 0 Å². The highest BCUT2D eigenvalue weighted by Gasteiger charge is 2.38. The van der Waals surface area contributed by atoms with Crippen LogP contribution in [0.2, 0.25) is 0 Å². The highest BCUT2D eigenvalue weighted by Crippen LogP contribution is 2.38. The van der Waals surface area contributed by atoms with E-state index in [0.29, 0.717) is 4.57 Å². The van der Waals surface area contributed by atoms with Crippen LogP contribution < -0.4 is 11.2 Å². The van der Waals surface area contributed by atoms with E-state index in [-0.39, 0.29) is 5.52 Å². The summed E-state index contributed by atoms with van der Waals surface area (Å²) >= 11 is 0. The lowest BCUT2D eigenvalue weighted by Crippen LogP contribution is -2.38. The highest BCUT2D eigenvalue weighted by molar-refractivity contribution is 5.97. The Bertz CT molecular complexity index is 1180. The molecular formula is C14H9F3N4O4. The number of nitro groups is 1. The van der Waals surface area contributed by atoms with Gasteiger partial charge >= 0.3 is 11.9 Å². The summed E-state index contributed by atoms with van der Waals surface area (Å²) in [5.41, 5.74) is -4.59. The van der Waals surface area contributed by atoms with Gasteiger partial charge in [0.05, 0.1) is 21.4 Å². The largest absolute Gasteiger partial charge is 0.417 e. The Morgan fingerprint density at radius 2 is 1.80 bits per heavy atom. The molecule has 0 saturated carbocycles. The van der Waals surface area contributed by atoms with Crippen molar-refractivity contribution in [2.24, 2.45) is 14.1 Å². The summed E-state index contributed by atoms with van der Waals surface area (Å²) in [5.74, 6) is 0. The molecule has 0 aliphatic heterocycles. The van der Waals surface area contributed by atoms with Crippen LogP contribution in [0.4, 0.5) is 18.9 Å². The number of halogens is 3. The van der Waals surface area contributed by atoms with E-state index in [9.17, 15) is 32.9 Å². The van der Waals surface area contributed by atoms with Crippen LogP contribution in [0.5, 0.6) is 0 Å². The van der Waals surface area contributed by atoms with Crippen molar-refractivity contribution in [1.29, 1.82) is 0 Å². The van der Waals surface area contributed by atoms with Gasteiger partial charge in [-0.2, -0.15) is 13.2 Å². The molecule has 0 spiro atoms. The minimum atomic E-state index is -4.99. The molecule has 0 aliphatic carbocycles. The number of non-ortho nitro benzene ring substituents is 1. The number of hydrogen-bond acceptors (Lipinski definition) is 5. The molecule has 2 heterocycles. The third kappa shape index (κ3) is 2.35. The first-order chi connectivity index (χ1) is 11.5. The molecule has 0 radical (unpaired) electrons. The van der Waals surface area contributed by atoms with Gasteiger partial charge in [-0.15, -0.1) is 0 Å². The summed E-state index contributed by atoms with van der Waals surface area (Å²) in [6.07, 6.45) is -4.99. The number of nitro benzene ring substituents is 1. The Labute approximate surface area is 135 Å². The molecule has 0 unspecified atom stereocenters. The highest BCUT2D eigenvalue weighted by atomic mass is 19.4. The van der Waals surface area contributed by atoms with Gasteiger partial charge in [0.15, 0.2) is 5.65 Å².